The number of rotatable bonds is 5. The summed E-state index contributed by atoms with van der Waals surface area (Å²) < 4.78 is 5.31. The molecule has 0 saturated carbocycles. The second-order valence-electron chi connectivity index (χ2n) is 5.83. The van der Waals surface area contributed by atoms with E-state index in [0.29, 0.717) is 22.3 Å². The van der Waals surface area contributed by atoms with Gasteiger partial charge in [-0.1, -0.05) is 53.5 Å². The molecule has 3 aromatic rings. The third-order valence-electron chi connectivity index (χ3n) is 3.77. The second-order valence-corrected chi connectivity index (χ2v) is 6.70. The summed E-state index contributed by atoms with van der Waals surface area (Å²) in [7, 11) is 0. The van der Waals surface area contributed by atoms with Crippen LogP contribution in [-0.2, 0) is 6.54 Å². The van der Waals surface area contributed by atoms with Crippen molar-refractivity contribution in [2.24, 2.45) is 0 Å². The number of ether oxygens (including phenoxy) is 1. The van der Waals surface area contributed by atoms with Gasteiger partial charge in [-0.3, -0.25) is 4.79 Å². The van der Waals surface area contributed by atoms with Crippen molar-refractivity contribution in [1.29, 1.82) is 0 Å². The lowest BCUT2D eigenvalue weighted by Gasteiger charge is -2.12. The van der Waals surface area contributed by atoms with Gasteiger partial charge in [0.15, 0.2) is 0 Å². The van der Waals surface area contributed by atoms with Crippen molar-refractivity contribution in [1.82, 2.24) is 5.32 Å². The van der Waals surface area contributed by atoms with Gasteiger partial charge in [0.25, 0.3) is 5.91 Å². The topological polar surface area (TPSA) is 67.4 Å². The predicted octanol–water partition coefficient (Wildman–Crippen LogP) is 5.53. The number of carbonyl (C=O) groups is 2. The number of nitrogens with one attached hydrogen (secondary N) is 2. The minimum Gasteiger partial charge on any atom is -0.409 e. The molecule has 0 saturated heterocycles. The smallest absolute Gasteiger partial charge is 0.409 e. The first kappa shape index (κ1) is 19.7. The first-order valence-electron chi connectivity index (χ1n) is 8.37. The molecule has 3 rings (SSSR count). The van der Waals surface area contributed by atoms with Crippen molar-refractivity contribution in [3.63, 3.8) is 0 Å². The summed E-state index contributed by atoms with van der Waals surface area (Å²) in [6.45, 7) is 0.305. The van der Waals surface area contributed by atoms with Crippen LogP contribution in [-0.4, -0.2) is 12.0 Å². The highest BCUT2D eigenvalue weighted by atomic mass is 35.5. The maximum atomic E-state index is 12.6. The highest BCUT2D eigenvalue weighted by Crippen LogP contribution is 2.25. The summed E-state index contributed by atoms with van der Waals surface area (Å²) in [5, 5.41) is 6.26. The fourth-order valence-electron chi connectivity index (χ4n) is 2.41. The van der Waals surface area contributed by atoms with Gasteiger partial charge in [-0.25, -0.2) is 4.79 Å². The molecular weight excluding hydrogens is 399 g/mol. The Kier molecular flexibility index (Phi) is 6.53. The van der Waals surface area contributed by atoms with Gasteiger partial charge >= 0.3 is 6.09 Å². The van der Waals surface area contributed by atoms with Crippen LogP contribution in [0.15, 0.2) is 72.8 Å². The van der Waals surface area contributed by atoms with Gasteiger partial charge in [0.1, 0.15) is 5.75 Å². The molecule has 0 spiro atoms. The van der Waals surface area contributed by atoms with Gasteiger partial charge < -0.3 is 15.4 Å². The summed E-state index contributed by atoms with van der Waals surface area (Å²) in [5.74, 6) is -0.364. The summed E-state index contributed by atoms with van der Waals surface area (Å²) in [5.41, 5.74) is 1.61. The highest BCUT2D eigenvalue weighted by Gasteiger charge is 2.16. The summed E-state index contributed by atoms with van der Waals surface area (Å²) in [4.78, 5) is 24.7. The molecule has 142 valence electrons. The van der Waals surface area contributed by atoms with Crippen LogP contribution in [0.25, 0.3) is 0 Å². The maximum absolute atomic E-state index is 12.6. The SMILES string of the molecule is O=C(NCc1ccccc1)Oc1ccc(Cl)cc1C(=O)Nc1ccc(Cl)cc1. The number of hydrogen-bond acceptors (Lipinski definition) is 3. The number of amides is 2. The van der Waals surface area contributed by atoms with Crippen molar-refractivity contribution in [3.05, 3.63) is 94.0 Å². The third-order valence-corrected chi connectivity index (χ3v) is 4.26. The van der Waals surface area contributed by atoms with E-state index in [-0.39, 0.29) is 11.3 Å². The van der Waals surface area contributed by atoms with Crippen molar-refractivity contribution >= 4 is 40.9 Å². The average Bonchev–Trinajstić information content (AvgIpc) is 2.70. The Morgan fingerprint density at radius 2 is 1.54 bits per heavy atom. The molecule has 0 aliphatic heterocycles. The molecule has 0 atom stereocenters. The van der Waals surface area contributed by atoms with Crippen LogP contribution >= 0.6 is 23.2 Å². The molecule has 2 N–H and O–H groups in total. The second kappa shape index (κ2) is 9.26. The number of hydrogen-bond donors (Lipinski definition) is 2. The Balaban J connectivity index is 1.70. The van der Waals surface area contributed by atoms with E-state index in [1.54, 1.807) is 30.3 Å². The van der Waals surface area contributed by atoms with Gasteiger partial charge in [-0.2, -0.15) is 0 Å². The van der Waals surface area contributed by atoms with E-state index in [1.807, 2.05) is 30.3 Å². The van der Waals surface area contributed by atoms with Crippen LogP contribution in [0.5, 0.6) is 5.75 Å². The van der Waals surface area contributed by atoms with E-state index >= 15 is 0 Å². The van der Waals surface area contributed by atoms with Gasteiger partial charge in [-0.05, 0) is 48.0 Å². The molecule has 2 amide bonds. The Morgan fingerprint density at radius 3 is 2.25 bits per heavy atom. The van der Waals surface area contributed by atoms with Crippen LogP contribution < -0.4 is 15.4 Å². The maximum Gasteiger partial charge on any atom is 0.412 e. The van der Waals surface area contributed by atoms with Gasteiger partial charge in [0.2, 0.25) is 0 Å². The zero-order chi connectivity index (χ0) is 19.9. The largest absolute Gasteiger partial charge is 0.412 e. The van der Waals surface area contributed by atoms with Crippen molar-refractivity contribution in [2.45, 2.75) is 6.54 Å². The molecule has 0 aliphatic carbocycles. The number of anilines is 1. The molecular formula is C21H16Cl2N2O3. The zero-order valence-corrected chi connectivity index (χ0v) is 16.1. The number of halogens is 2. The lowest BCUT2D eigenvalue weighted by Crippen LogP contribution is -2.27. The molecule has 5 nitrogen and oxygen atoms in total. The van der Waals surface area contributed by atoms with Crippen molar-refractivity contribution in [3.8, 4) is 5.75 Å². The van der Waals surface area contributed by atoms with E-state index in [0.717, 1.165) is 5.56 Å². The quantitative estimate of drug-likeness (QED) is 0.576. The third kappa shape index (κ3) is 5.49. The highest BCUT2D eigenvalue weighted by molar-refractivity contribution is 6.31. The fraction of sp³-hybridized carbons (Fsp3) is 0.0476. The molecule has 3 aromatic carbocycles. The molecule has 0 heterocycles. The summed E-state index contributed by atoms with van der Waals surface area (Å²) in [6, 6.07) is 20.5. The molecule has 0 aliphatic rings. The molecule has 0 fully saturated rings. The van der Waals surface area contributed by atoms with E-state index in [1.165, 1.54) is 12.1 Å². The van der Waals surface area contributed by atoms with Gasteiger partial charge in [0.05, 0.1) is 5.56 Å². The molecule has 0 aromatic heterocycles. The summed E-state index contributed by atoms with van der Waals surface area (Å²) >= 11 is 11.9. The average molecular weight is 415 g/mol. The number of carbonyl (C=O) groups excluding carboxylic acids is 2. The lowest BCUT2D eigenvalue weighted by atomic mass is 10.2. The van der Waals surface area contributed by atoms with E-state index < -0.39 is 12.0 Å². The van der Waals surface area contributed by atoms with E-state index in [9.17, 15) is 9.59 Å². The van der Waals surface area contributed by atoms with Crippen molar-refractivity contribution in [2.75, 3.05) is 5.32 Å². The standard InChI is InChI=1S/C21H16Cl2N2O3/c22-15-6-9-17(10-7-15)25-20(26)18-12-16(23)8-11-19(18)28-21(27)24-13-14-4-2-1-3-5-14/h1-12H,13H2,(H,24,27)(H,25,26). The Morgan fingerprint density at radius 1 is 0.857 bits per heavy atom. The Labute approximate surface area is 172 Å². The normalized spacial score (nSPS) is 10.2. The van der Waals surface area contributed by atoms with E-state index in [2.05, 4.69) is 10.6 Å². The monoisotopic (exact) mass is 414 g/mol. The minimum absolute atomic E-state index is 0.0985. The first-order chi connectivity index (χ1) is 13.5. The van der Waals surface area contributed by atoms with Crippen LogP contribution in [0.1, 0.15) is 15.9 Å². The van der Waals surface area contributed by atoms with Crippen LogP contribution in [0.2, 0.25) is 10.0 Å². The minimum atomic E-state index is -0.674. The lowest BCUT2D eigenvalue weighted by molar-refractivity contribution is 0.102. The van der Waals surface area contributed by atoms with Gasteiger partial charge in [0, 0.05) is 22.3 Å². The molecule has 28 heavy (non-hydrogen) atoms. The van der Waals surface area contributed by atoms with Crippen LogP contribution in [0.4, 0.5) is 10.5 Å². The Bertz CT molecular complexity index is 977. The van der Waals surface area contributed by atoms with Crippen LogP contribution in [0, 0.1) is 0 Å². The summed E-state index contributed by atoms with van der Waals surface area (Å²) in [6.07, 6.45) is -0.674. The first-order valence-corrected chi connectivity index (χ1v) is 9.13. The Hall–Kier alpha value is -3.02. The molecule has 0 unspecified atom stereocenters. The number of benzene rings is 3. The predicted molar refractivity (Wildman–Crippen MR) is 110 cm³/mol. The zero-order valence-electron chi connectivity index (χ0n) is 14.6. The molecule has 7 heteroatoms. The van der Waals surface area contributed by atoms with Gasteiger partial charge in [-0.15, -0.1) is 0 Å². The molecule has 0 radical (unpaired) electrons. The van der Waals surface area contributed by atoms with Crippen molar-refractivity contribution < 1.29 is 14.3 Å². The molecule has 0 bridgehead atoms. The van der Waals surface area contributed by atoms with Crippen LogP contribution in [0.3, 0.4) is 0 Å². The fourth-order valence-corrected chi connectivity index (χ4v) is 2.70. The van der Waals surface area contributed by atoms with E-state index in [4.69, 9.17) is 27.9 Å².